The second kappa shape index (κ2) is 1.65. The summed E-state index contributed by atoms with van der Waals surface area (Å²) in [6.45, 7) is 1.27. The highest BCUT2D eigenvalue weighted by Gasteiger charge is 2.19. The zero-order valence-corrected chi connectivity index (χ0v) is 5.20. The SMILES string of the molecule is CC(O)(O)NC1=CS1. The molecule has 0 spiro atoms. The third kappa shape index (κ3) is 2.20. The summed E-state index contributed by atoms with van der Waals surface area (Å²) in [5, 5.41) is 22.3. The van der Waals surface area contributed by atoms with E-state index < -0.39 is 5.91 Å². The second-order valence-corrected chi connectivity index (χ2v) is 2.66. The zero-order valence-electron chi connectivity index (χ0n) is 4.38. The second-order valence-electron chi connectivity index (χ2n) is 1.75. The fourth-order valence-electron chi connectivity index (χ4n) is 0.322. The van der Waals surface area contributed by atoms with Gasteiger partial charge in [0.1, 0.15) is 0 Å². The molecule has 0 radical (unpaired) electrons. The fraction of sp³-hybridized carbons (Fsp3) is 0.500. The maximum absolute atomic E-state index is 8.62. The number of nitrogens with one attached hydrogen (secondary N) is 1. The smallest absolute Gasteiger partial charge is 0.241 e. The van der Waals surface area contributed by atoms with Crippen molar-refractivity contribution >= 4 is 11.8 Å². The van der Waals surface area contributed by atoms with Gasteiger partial charge in [-0.15, -0.1) is 0 Å². The van der Waals surface area contributed by atoms with E-state index in [1.165, 1.54) is 18.7 Å². The summed E-state index contributed by atoms with van der Waals surface area (Å²) in [5.74, 6) is -1.75. The van der Waals surface area contributed by atoms with Crippen molar-refractivity contribution in [2.45, 2.75) is 12.8 Å². The Balaban J connectivity index is 2.27. The van der Waals surface area contributed by atoms with Gasteiger partial charge in [-0.2, -0.15) is 0 Å². The summed E-state index contributed by atoms with van der Waals surface area (Å²) in [4.78, 5) is 0. The van der Waals surface area contributed by atoms with Crippen LogP contribution < -0.4 is 5.32 Å². The third-order valence-electron chi connectivity index (χ3n) is 0.596. The van der Waals surface area contributed by atoms with Gasteiger partial charge in [-0.1, -0.05) is 11.8 Å². The molecule has 0 fully saturated rings. The monoisotopic (exact) mass is 133 g/mol. The topological polar surface area (TPSA) is 52.5 Å². The largest absolute Gasteiger partial charge is 0.349 e. The van der Waals surface area contributed by atoms with Crippen LogP contribution in [0.25, 0.3) is 0 Å². The molecular formula is C4H7NO2S. The lowest BCUT2D eigenvalue weighted by Crippen LogP contribution is -2.38. The van der Waals surface area contributed by atoms with Crippen LogP contribution in [0.15, 0.2) is 10.4 Å². The lowest BCUT2D eigenvalue weighted by Gasteiger charge is -2.14. The first-order valence-electron chi connectivity index (χ1n) is 2.18. The summed E-state index contributed by atoms with van der Waals surface area (Å²) in [6, 6.07) is 0. The Morgan fingerprint density at radius 1 is 1.75 bits per heavy atom. The highest BCUT2D eigenvalue weighted by Crippen LogP contribution is 2.31. The molecule has 3 N–H and O–H groups in total. The highest BCUT2D eigenvalue weighted by molar-refractivity contribution is 8.12. The van der Waals surface area contributed by atoms with Crippen LogP contribution in [-0.4, -0.2) is 16.1 Å². The number of hydrogen-bond donors (Lipinski definition) is 3. The summed E-state index contributed by atoms with van der Waals surface area (Å²) in [7, 11) is 0. The van der Waals surface area contributed by atoms with Crippen molar-refractivity contribution in [1.29, 1.82) is 0 Å². The van der Waals surface area contributed by atoms with Crippen LogP contribution in [0.1, 0.15) is 6.92 Å². The van der Waals surface area contributed by atoms with E-state index >= 15 is 0 Å². The normalized spacial score (nSPS) is 17.6. The van der Waals surface area contributed by atoms with Crippen molar-refractivity contribution < 1.29 is 10.2 Å². The lowest BCUT2D eigenvalue weighted by molar-refractivity contribution is -0.160. The van der Waals surface area contributed by atoms with Gasteiger partial charge in [0.25, 0.3) is 0 Å². The molecule has 8 heavy (non-hydrogen) atoms. The molecule has 0 unspecified atom stereocenters. The Labute approximate surface area is 51.4 Å². The molecule has 0 aromatic carbocycles. The highest BCUT2D eigenvalue weighted by atomic mass is 32.2. The Hall–Kier alpha value is -0.190. The maximum atomic E-state index is 8.62. The van der Waals surface area contributed by atoms with Gasteiger partial charge in [-0.3, -0.25) is 0 Å². The van der Waals surface area contributed by atoms with Crippen molar-refractivity contribution in [3.05, 3.63) is 10.4 Å². The Morgan fingerprint density at radius 2 is 2.25 bits per heavy atom. The van der Waals surface area contributed by atoms with Crippen LogP contribution in [0.4, 0.5) is 0 Å². The molecule has 4 heteroatoms. The Bertz CT molecular complexity index is 126. The predicted molar refractivity (Wildman–Crippen MR) is 31.7 cm³/mol. The maximum Gasteiger partial charge on any atom is 0.241 e. The molecule has 0 bridgehead atoms. The predicted octanol–water partition coefficient (Wildman–Crippen LogP) is -0.220. The minimum atomic E-state index is -1.75. The van der Waals surface area contributed by atoms with Gasteiger partial charge in [0.2, 0.25) is 5.91 Å². The van der Waals surface area contributed by atoms with E-state index in [0.717, 1.165) is 5.03 Å². The Kier molecular flexibility index (Phi) is 1.22. The molecule has 1 aliphatic heterocycles. The first-order chi connectivity index (χ1) is 3.58. The number of hydrogen-bond acceptors (Lipinski definition) is 4. The van der Waals surface area contributed by atoms with Crippen LogP contribution in [0.3, 0.4) is 0 Å². The molecule has 0 aliphatic carbocycles. The fourth-order valence-corrected chi connectivity index (χ4v) is 0.692. The quantitative estimate of drug-likeness (QED) is 0.456. The van der Waals surface area contributed by atoms with Crippen molar-refractivity contribution in [2.75, 3.05) is 0 Å². The van der Waals surface area contributed by atoms with Gasteiger partial charge in [0, 0.05) is 12.3 Å². The van der Waals surface area contributed by atoms with Gasteiger partial charge in [0.05, 0.1) is 5.03 Å². The van der Waals surface area contributed by atoms with Crippen LogP contribution >= 0.6 is 11.8 Å². The summed E-state index contributed by atoms with van der Waals surface area (Å²) in [6.07, 6.45) is 0. The summed E-state index contributed by atoms with van der Waals surface area (Å²) < 4.78 is 0. The summed E-state index contributed by atoms with van der Waals surface area (Å²) in [5.41, 5.74) is 0. The van der Waals surface area contributed by atoms with Crippen molar-refractivity contribution in [3.8, 4) is 0 Å². The third-order valence-corrected chi connectivity index (χ3v) is 1.17. The molecule has 1 rings (SSSR count). The molecule has 0 amide bonds. The Morgan fingerprint density at radius 3 is 2.38 bits per heavy atom. The van der Waals surface area contributed by atoms with Crippen LogP contribution in [0.2, 0.25) is 0 Å². The molecule has 0 aromatic rings. The standard InChI is InChI=1S/C4H7NO2S/c1-4(6,7)5-3-2-8-3/h2,5-7H,1H3. The molecular weight excluding hydrogens is 126 g/mol. The molecule has 0 aromatic heterocycles. The zero-order chi connectivity index (χ0) is 6.20. The van der Waals surface area contributed by atoms with Gasteiger partial charge < -0.3 is 15.5 Å². The minimum Gasteiger partial charge on any atom is -0.349 e. The van der Waals surface area contributed by atoms with Gasteiger partial charge >= 0.3 is 0 Å². The van der Waals surface area contributed by atoms with E-state index in [0.29, 0.717) is 0 Å². The minimum absolute atomic E-state index is 0.817. The first-order valence-corrected chi connectivity index (χ1v) is 3.06. The van der Waals surface area contributed by atoms with E-state index in [9.17, 15) is 0 Å². The van der Waals surface area contributed by atoms with Crippen molar-refractivity contribution in [1.82, 2.24) is 5.32 Å². The lowest BCUT2D eigenvalue weighted by atomic mass is 10.6. The molecule has 46 valence electrons. The van der Waals surface area contributed by atoms with Crippen LogP contribution in [0.5, 0.6) is 0 Å². The van der Waals surface area contributed by atoms with Crippen molar-refractivity contribution in [2.24, 2.45) is 0 Å². The van der Waals surface area contributed by atoms with E-state index in [2.05, 4.69) is 5.32 Å². The number of aliphatic hydroxyl groups is 2. The van der Waals surface area contributed by atoms with Crippen LogP contribution in [0, 0.1) is 0 Å². The van der Waals surface area contributed by atoms with Crippen molar-refractivity contribution in [3.63, 3.8) is 0 Å². The molecule has 0 saturated heterocycles. The van der Waals surface area contributed by atoms with Gasteiger partial charge in [-0.25, -0.2) is 0 Å². The van der Waals surface area contributed by atoms with E-state index in [1.807, 2.05) is 0 Å². The average Bonchev–Trinajstić information content (AvgIpc) is 2.12. The summed E-state index contributed by atoms with van der Waals surface area (Å²) >= 11 is 1.46. The van der Waals surface area contributed by atoms with E-state index in [1.54, 1.807) is 5.41 Å². The van der Waals surface area contributed by atoms with E-state index in [4.69, 9.17) is 10.2 Å². The molecule has 1 heterocycles. The molecule has 1 aliphatic rings. The molecule has 0 atom stereocenters. The molecule has 3 nitrogen and oxygen atoms in total. The van der Waals surface area contributed by atoms with E-state index in [-0.39, 0.29) is 0 Å². The average molecular weight is 133 g/mol. The first kappa shape index (κ1) is 5.94. The molecule has 0 saturated carbocycles. The van der Waals surface area contributed by atoms with Crippen LogP contribution in [-0.2, 0) is 0 Å². The van der Waals surface area contributed by atoms with Gasteiger partial charge in [0.15, 0.2) is 0 Å². The number of rotatable bonds is 2. The number of thioether (sulfide) groups is 1. The van der Waals surface area contributed by atoms with Gasteiger partial charge in [-0.05, 0) is 0 Å².